The maximum atomic E-state index is 10.9. The standard InChI is InChI=1S/C18H21NO2/c1-17(2)7-9-18(12-19,10-8-17)16(20)14-11-21-15-6-4-3-5-13(14)15/h3-6,11,16,20H,7-10H2,1-2H3. The van der Waals surface area contributed by atoms with Crippen molar-refractivity contribution in [2.45, 2.75) is 45.6 Å². The lowest BCUT2D eigenvalue weighted by Crippen LogP contribution is -2.35. The van der Waals surface area contributed by atoms with Crippen LogP contribution in [0.3, 0.4) is 0 Å². The zero-order valence-corrected chi connectivity index (χ0v) is 12.6. The third-order valence-corrected chi connectivity index (χ3v) is 5.05. The monoisotopic (exact) mass is 283 g/mol. The molecule has 3 nitrogen and oxygen atoms in total. The van der Waals surface area contributed by atoms with Crippen LogP contribution in [0.2, 0.25) is 0 Å². The number of fused-ring (bicyclic) bond motifs is 1. The van der Waals surface area contributed by atoms with E-state index >= 15 is 0 Å². The van der Waals surface area contributed by atoms with Gasteiger partial charge in [0.15, 0.2) is 0 Å². The van der Waals surface area contributed by atoms with Gasteiger partial charge in [0.05, 0.1) is 17.7 Å². The summed E-state index contributed by atoms with van der Waals surface area (Å²) in [6.45, 7) is 4.46. The average molecular weight is 283 g/mol. The Hall–Kier alpha value is -1.79. The number of aliphatic hydroxyl groups excluding tert-OH is 1. The molecule has 1 saturated carbocycles. The molecule has 1 aromatic carbocycles. The second-order valence-electron chi connectivity index (χ2n) is 7.02. The van der Waals surface area contributed by atoms with E-state index in [1.54, 1.807) is 6.26 Å². The quantitative estimate of drug-likeness (QED) is 0.877. The first-order chi connectivity index (χ1) is 9.97. The summed E-state index contributed by atoms with van der Waals surface area (Å²) in [6.07, 6.45) is 4.21. The van der Waals surface area contributed by atoms with Crippen molar-refractivity contribution in [1.29, 1.82) is 5.26 Å². The molecule has 0 bridgehead atoms. The first-order valence-electron chi connectivity index (χ1n) is 7.53. The number of hydrogen-bond donors (Lipinski definition) is 1. The van der Waals surface area contributed by atoms with Crippen LogP contribution in [0.5, 0.6) is 0 Å². The Morgan fingerprint density at radius 2 is 1.86 bits per heavy atom. The summed E-state index contributed by atoms with van der Waals surface area (Å²) < 4.78 is 5.52. The van der Waals surface area contributed by atoms with Crippen molar-refractivity contribution in [2.75, 3.05) is 0 Å². The lowest BCUT2D eigenvalue weighted by molar-refractivity contribution is 0.00999. The van der Waals surface area contributed by atoms with Gasteiger partial charge in [-0.3, -0.25) is 0 Å². The highest BCUT2D eigenvalue weighted by molar-refractivity contribution is 5.81. The fourth-order valence-electron chi connectivity index (χ4n) is 3.33. The highest BCUT2D eigenvalue weighted by atomic mass is 16.3. The van der Waals surface area contributed by atoms with Crippen molar-refractivity contribution in [3.63, 3.8) is 0 Å². The first kappa shape index (κ1) is 14.2. The molecule has 110 valence electrons. The van der Waals surface area contributed by atoms with Gasteiger partial charge in [-0.2, -0.15) is 5.26 Å². The van der Waals surface area contributed by atoms with E-state index in [0.29, 0.717) is 0 Å². The van der Waals surface area contributed by atoms with Gasteiger partial charge in [0.25, 0.3) is 0 Å². The number of para-hydroxylation sites is 1. The fourth-order valence-corrected chi connectivity index (χ4v) is 3.33. The molecule has 1 aromatic heterocycles. The van der Waals surface area contributed by atoms with E-state index in [2.05, 4.69) is 19.9 Å². The van der Waals surface area contributed by atoms with Gasteiger partial charge in [0.1, 0.15) is 11.7 Å². The van der Waals surface area contributed by atoms with Crippen molar-refractivity contribution in [2.24, 2.45) is 10.8 Å². The lowest BCUT2D eigenvalue weighted by Gasteiger charge is -2.41. The van der Waals surface area contributed by atoms with Crippen LogP contribution in [0.4, 0.5) is 0 Å². The molecule has 1 N–H and O–H groups in total. The van der Waals surface area contributed by atoms with Gasteiger partial charge in [-0.15, -0.1) is 0 Å². The molecule has 1 atom stereocenters. The van der Waals surface area contributed by atoms with E-state index < -0.39 is 11.5 Å². The molecule has 3 heteroatoms. The van der Waals surface area contributed by atoms with Gasteiger partial charge < -0.3 is 9.52 Å². The average Bonchev–Trinajstić information content (AvgIpc) is 2.91. The number of aliphatic hydroxyl groups is 1. The molecule has 0 radical (unpaired) electrons. The third-order valence-electron chi connectivity index (χ3n) is 5.05. The normalized spacial score (nSPS) is 21.8. The number of nitriles is 1. The smallest absolute Gasteiger partial charge is 0.134 e. The molecule has 0 amide bonds. The predicted octanol–water partition coefficient (Wildman–Crippen LogP) is 4.58. The number of furan rings is 1. The Morgan fingerprint density at radius 3 is 2.52 bits per heavy atom. The molecular weight excluding hydrogens is 262 g/mol. The molecule has 1 fully saturated rings. The van der Waals surface area contributed by atoms with Gasteiger partial charge >= 0.3 is 0 Å². The summed E-state index contributed by atoms with van der Waals surface area (Å²) in [5.74, 6) is 0. The van der Waals surface area contributed by atoms with Crippen LogP contribution in [0.1, 0.15) is 51.2 Å². The van der Waals surface area contributed by atoms with Gasteiger partial charge in [0.2, 0.25) is 0 Å². The minimum Gasteiger partial charge on any atom is -0.464 e. The maximum Gasteiger partial charge on any atom is 0.134 e. The van der Waals surface area contributed by atoms with Crippen LogP contribution in [0, 0.1) is 22.2 Å². The number of nitrogens with zero attached hydrogens (tertiary/aromatic N) is 1. The van der Waals surface area contributed by atoms with Crippen molar-refractivity contribution in [1.82, 2.24) is 0 Å². The van der Waals surface area contributed by atoms with Gasteiger partial charge in [-0.25, -0.2) is 0 Å². The summed E-state index contributed by atoms with van der Waals surface area (Å²) >= 11 is 0. The largest absolute Gasteiger partial charge is 0.464 e. The predicted molar refractivity (Wildman–Crippen MR) is 81.5 cm³/mol. The molecule has 2 aromatic rings. The van der Waals surface area contributed by atoms with Crippen LogP contribution in [0.15, 0.2) is 34.9 Å². The van der Waals surface area contributed by atoms with Gasteiger partial charge in [-0.05, 0) is 37.2 Å². The minimum atomic E-state index is -0.790. The van der Waals surface area contributed by atoms with Crippen LogP contribution in [-0.4, -0.2) is 5.11 Å². The van der Waals surface area contributed by atoms with E-state index in [4.69, 9.17) is 4.42 Å². The van der Waals surface area contributed by atoms with Crippen LogP contribution in [0.25, 0.3) is 11.0 Å². The summed E-state index contributed by atoms with van der Waals surface area (Å²) in [5.41, 5.74) is 1.07. The summed E-state index contributed by atoms with van der Waals surface area (Å²) in [7, 11) is 0. The molecule has 1 unspecified atom stereocenters. The van der Waals surface area contributed by atoms with Crippen LogP contribution < -0.4 is 0 Å². The van der Waals surface area contributed by atoms with Crippen molar-refractivity contribution < 1.29 is 9.52 Å². The second kappa shape index (κ2) is 4.89. The third kappa shape index (κ3) is 2.34. The maximum absolute atomic E-state index is 10.9. The number of hydrogen-bond acceptors (Lipinski definition) is 3. The highest BCUT2D eigenvalue weighted by Crippen LogP contribution is 2.51. The van der Waals surface area contributed by atoms with E-state index in [0.717, 1.165) is 42.2 Å². The molecule has 0 saturated heterocycles. The van der Waals surface area contributed by atoms with E-state index in [1.807, 2.05) is 24.3 Å². The van der Waals surface area contributed by atoms with E-state index in [-0.39, 0.29) is 5.41 Å². The van der Waals surface area contributed by atoms with Crippen LogP contribution in [-0.2, 0) is 0 Å². The van der Waals surface area contributed by atoms with Crippen LogP contribution >= 0.6 is 0 Å². The molecule has 21 heavy (non-hydrogen) atoms. The minimum absolute atomic E-state index is 0.262. The zero-order chi connectivity index (χ0) is 15.1. The second-order valence-corrected chi connectivity index (χ2v) is 7.02. The zero-order valence-electron chi connectivity index (χ0n) is 12.6. The topological polar surface area (TPSA) is 57.2 Å². The van der Waals surface area contributed by atoms with E-state index in [1.165, 1.54) is 0 Å². The lowest BCUT2D eigenvalue weighted by atomic mass is 9.62. The number of benzene rings is 1. The molecule has 1 heterocycles. The van der Waals surface area contributed by atoms with Crippen molar-refractivity contribution in [3.8, 4) is 6.07 Å². The molecular formula is C18H21NO2. The molecule has 1 aliphatic carbocycles. The Labute approximate surface area is 125 Å². The molecule has 1 aliphatic rings. The first-order valence-corrected chi connectivity index (χ1v) is 7.53. The Morgan fingerprint density at radius 1 is 1.19 bits per heavy atom. The summed E-state index contributed by atoms with van der Waals surface area (Å²) in [4.78, 5) is 0. The number of rotatable bonds is 2. The Bertz CT molecular complexity index is 683. The summed E-state index contributed by atoms with van der Waals surface area (Å²) in [6, 6.07) is 10.1. The van der Waals surface area contributed by atoms with Crippen molar-refractivity contribution >= 4 is 11.0 Å². The van der Waals surface area contributed by atoms with Crippen molar-refractivity contribution in [3.05, 3.63) is 36.1 Å². The van der Waals surface area contributed by atoms with Gasteiger partial charge in [0, 0.05) is 10.9 Å². The molecule has 0 aliphatic heterocycles. The van der Waals surface area contributed by atoms with E-state index in [9.17, 15) is 10.4 Å². The van der Waals surface area contributed by atoms with Gasteiger partial charge in [-0.1, -0.05) is 32.0 Å². The SMILES string of the molecule is CC1(C)CCC(C#N)(C(O)c2coc3ccccc23)CC1. The molecule has 3 rings (SSSR count). The molecule has 0 spiro atoms. The summed E-state index contributed by atoms with van der Waals surface area (Å²) in [5, 5.41) is 21.5. The highest BCUT2D eigenvalue weighted by Gasteiger charge is 2.45. The Kier molecular flexibility index (Phi) is 3.30. The fraction of sp³-hybridized carbons (Fsp3) is 0.500. The Balaban J connectivity index is 1.97.